The zero-order valence-electron chi connectivity index (χ0n) is 20.9. The van der Waals surface area contributed by atoms with Crippen LogP contribution in [0.5, 0.6) is 11.5 Å². The molecule has 0 spiro atoms. The van der Waals surface area contributed by atoms with Gasteiger partial charge < -0.3 is 29.2 Å². The Morgan fingerprint density at radius 2 is 1.66 bits per heavy atom. The lowest BCUT2D eigenvalue weighted by Gasteiger charge is -2.34. The van der Waals surface area contributed by atoms with Crippen LogP contribution in [0.4, 0.5) is 10.5 Å². The van der Waals surface area contributed by atoms with Crippen LogP contribution in [-0.4, -0.2) is 90.7 Å². The SMILES string of the molecule is COc1cc(NC(=O)N2CCN(Cc3nc4cc(C(=O)N(C)C)ccc4n3C)CC2)cc(OC)c1. The molecule has 1 fully saturated rings. The van der Waals surface area contributed by atoms with Gasteiger partial charge in [0, 0.05) is 76.8 Å². The van der Waals surface area contributed by atoms with Crippen molar-refractivity contribution in [2.45, 2.75) is 6.54 Å². The summed E-state index contributed by atoms with van der Waals surface area (Å²) in [5.74, 6) is 2.12. The summed E-state index contributed by atoms with van der Waals surface area (Å²) >= 11 is 0. The summed E-state index contributed by atoms with van der Waals surface area (Å²) in [7, 11) is 8.62. The van der Waals surface area contributed by atoms with Crippen molar-refractivity contribution in [1.82, 2.24) is 24.3 Å². The molecule has 35 heavy (non-hydrogen) atoms. The molecule has 1 aliphatic rings. The molecule has 10 heteroatoms. The topological polar surface area (TPSA) is 92.2 Å². The number of ether oxygens (including phenoxy) is 2. The van der Waals surface area contributed by atoms with Gasteiger partial charge in [0.25, 0.3) is 5.91 Å². The molecule has 0 radical (unpaired) electrons. The highest BCUT2D eigenvalue weighted by atomic mass is 16.5. The summed E-state index contributed by atoms with van der Waals surface area (Å²) in [6.07, 6.45) is 0. The van der Waals surface area contributed by atoms with Crippen molar-refractivity contribution < 1.29 is 19.1 Å². The number of rotatable bonds is 6. The van der Waals surface area contributed by atoms with E-state index in [0.29, 0.717) is 42.4 Å². The van der Waals surface area contributed by atoms with Crippen molar-refractivity contribution in [3.63, 3.8) is 0 Å². The fourth-order valence-corrected chi connectivity index (χ4v) is 4.17. The van der Waals surface area contributed by atoms with Crippen LogP contribution in [0, 0.1) is 0 Å². The molecule has 0 unspecified atom stereocenters. The highest BCUT2D eigenvalue weighted by Gasteiger charge is 2.23. The summed E-state index contributed by atoms with van der Waals surface area (Å²) in [6, 6.07) is 10.8. The zero-order valence-corrected chi connectivity index (χ0v) is 20.9. The Morgan fingerprint density at radius 1 is 1.00 bits per heavy atom. The standard InChI is InChI=1S/C25H32N6O4/c1-28(2)24(32)17-6-7-22-21(12-17)27-23(29(22)3)16-30-8-10-31(11-9-30)25(33)26-18-13-19(34-4)15-20(14-18)35-5/h6-7,12-15H,8-11,16H2,1-5H3,(H,26,33). The van der Waals surface area contributed by atoms with Crippen LogP contribution in [0.1, 0.15) is 16.2 Å². The lowest BCUT2D eigenvalue weighted by molar-refractivity contribution is 0.0827. The number of fused-ring (bicyclic) bond motifs is 1. The predicted molar refractivity (Wildman–Crippen MR) is 134 cm³/mol. The molecule has 0 aliphatic carbocycles. The van der Waals surface area contributed by atoms with Gasteiger partial charge in [0.1, 0.15) is 17.3 Å². The maximum absolute atomic E-state index is 12.8. The number of urea groups is 1. The van der Waals surface area contributed by atoms with Crippen LogP contribution in [0.15, 0.2) is 36.4 Å². The van der Waals surface area contributed by atoms with E-state index >= 15 is 0 Å². The van der Waals surface area contributed by atoms with E-state index in [4.69, 9.17) is 14.5 Å². The molecule has 4 rings (SSSR count). The first-order valence-corrected chi connectivity index (χ1v) is 11.5. The monoisotopic (exact) mass is 480 g/mol. The van der Waals surface area contributed by atoms with Crippen LogP contribution in [-0.2, 0) is 13.6 Å². The van der Waals surface area contributed by atoms with E-state index in [2.05, 4.69) is 14.8 Å². The maximum Gasteiger partial charge on any atom is 0.321 e. The second-order valence-corrected chi connectivity index (χ2v) is 8.78. The largest absolute Gasteiger partial charge is 0.497 e. The second-order valence-electron chi connectivity index (χ2n) is 8.78. The van der Waals surface area contributed by atoms with Gasteiger partial charge in [-0.3, -0.25) is 9.69 Å². The number of nitrogens with zero attached hydrogens (tertiary/aromatic N) is 5. The quantitative estimate of drug-likeness (QED) is 0.583. The van der Waals surface area contributed by atoms with Crippen molar-refractivity contribution in [1.29, 1.82) is 0 Å². The number of nitrogens with one attached hydrogen (secondary N) is 1. The number of methoxy groups -OCH3 is 2. The molecule has 186 valence electrons. The molecule has 3 aromatic rings. The number of amides is 3. The number of piperazine rings is 1. The molecular weight excluding hydrogens is 448 g/mol. The fraction of sp³-hybridized carbons (Fsp3) is 0.400. The van der Waals surface area contributed by atoms with Gasteiger partial charge in [-0.2, -0.15) is 0 Å². The van der Waals surface area contributed by atoms with E-state index in [1.807, 2.05) is 25.2 Å². The first kappa shape index (κ1) is 24.3. The fourth-order valence-electron chi connectivity index (χ4n) is 4.17. The average molecular weight is 481 g/mol. The predicted octanol–water partition coefficient (Wildman–Crippen LogP) is 2.64. The number of hydrogen-bond donors (Lipinski definition) is 1. The number of aryl methyl sites for hydroxylation is 1. The molecule has 10 nitrogen and oxygen atoms in total. The van der Waals surface area contributed by atoms with Crippen molar-refractivity contribution in [3.8, 4) is 11.5 Å². The molecule has 1 aromatic heterocycles. The summed E-state index contributed by atoms with van der Waals surface area (Å²) in [5.41, 5.74) is 3.05. The third-order valence-corrected chi connectivity index (χ3v) is 6.25. The molecule has 1 N–H and O–H groups in total. The molecule has 2 aromatic carbocycles. The van der Waals surface area contributed by atoms with E-state index in [-0.39, 0.29) is 11.9 Å². The van der Waals surface area contributed by atoms with Crippen molar-refractivity contribution in [2.24, 2.45) is 7.05 Å². The van der Waals surface area contributed by atoms with Crippen LogP contribution in [0.3, 0.4) is 0 Å². The average Bonchev–Trinajstić information content (AvgIpc) is 3.17. The summed E-state index contributed by atoms with van der Waals surface area (Å²) < 4.78 is 12.6. The van der Waals surface area contributed by atoms with Gasteiger partial charge >= 0.3 is 6.03 Å². The van der Waals surface area contributed by atoms with Gasteiger partial charge in [-0.25, -0.2) is 9.78 Å². The summed E-state index contributed by atoms with van der Waals surface area (Å²) in [4.78, 5) is 35.5. The van der Waals surface area contributed by atoms with Gasteiger partial charge in [-0.05, 0) is 18.2 Å². The van der Waals surface area contributed by atoms with E-state index < -0.39 is 0 Å². The summed E-state index contributed by atoms with van der Waals surface area (Å²) in [6.45, 7) is 3.37. The molecule has 0 saturated carbocycles. The minimum atomic E-state index is -0.152. The van der Waals surface area contributed by atoms with Gasteiger partial charge in [0.15, 0.2) is 0 Å². The van der Waals surface area contributed by atoms with Gasteiger partial charge in [0.2, 0.25) is 0 Å². The Morgan fingerprint density at radius 3 is 2.26 bits per heavy atom. The van der Waals surface area contributed by atoms with Crippen molar-refractivity contribution >= 4 is 28.7 Å². The highest BCUT2D eigenvalue weighted by molar-refractivity contribution is 5.97. The van der Waals surface area contributed by atoms with Crippen molar-refractivity contribution in [2.75, 3.05) is 59.8 Å². The summed E-state index contributed by atoms with van der Waals surface area (Å²) in [5, 5.41) is 2.94. The Hall–Kier alpha value is -3.79. The minimum Gasteiger partial charge on any atom is -0.497 e. The number of carbonyl (C=O) groups is 2. The Kier molecular flexibility index (Phi) is 7.11. The van der Waals surface area contributed by atoms with E-state index in [9.17, 15) is 9.59 Å². The van der Waals surface area contributed by atoms with Crippen LogP contribution in [0.2, 0.25) is 0 Å². The molecule has 1 saturated heterocycles. The first-order valence-electron chi connectivity index (χ1n) is 11.5. The van der Waals surface area contributed by atoms with Gasteiger partial charge in [-0.1, -0.05) is 0 Å². The first-order chi connectivity index (χ1) is 16.8. The third kappa shape index (κ3) is 5.32. The molecule has 0 bridgehead atoms. The van der Waals surface area contributed by atoms with Crippen LogP contribution >= 0.6 is 0 Å². The van der Waals surface area contributed by atoms with Gasteiger partial charge in [0.05, 0.1) is 31.8 Å². The van der Waals surface area contributed by atoms with E-state index in [1.54, 1.807) is 56.3 Å². The Labute approximate surface area is 205 Å². The van der Waals surface area contributed by atoms with Crippen molar-refractivity contribution in [3.05, 3.63) is 47.8 Å². The second kappa shape index (κ2) is 10.2. The normalized spacial score (nSPS) is 14.1. The number of imidazole rings is 1. The number of hydrogen-bond acceptors (Lipinski definition) is 6. The van der Waals surface area contributed by atoms with Crippen LogP contribution in [0.25, 0.3) is 11.0 Å². The number of anilines is 1. The van der Waals surface area contributed by atoms with Crippen LogP contribution < -0.4 is 14.8 Å². The zero-order chi connectivity index (χ0) is 25.1. The molecule has 0 atom stereocenters. The molecule has 1 aliphatic heterocycles. The third-order valence-electron chi connectivity index (χ3n) is 6.25. The number of carbonyl (C=O) groups excluding carboxylic acids is 2. The molecule has 3 amide bonds. The molecule has 2 heterocycles. The Balaban J connectivity index is 1.37. The highest BCUT2D eigenvalue weighted by Crippen LogP contribution is 2.26. The lowest BCUT2D eigenvalue weighted by atomic mass is 10.2. The van der Waals surface area contributed by atoms with E-state index in [1.165, 1.54) is 0 Å². The Bertz CT molecular complexity index is 1210. The number of benzene rings is 2. The minimum absolute atomic E-state index is 0.0408. The molecular formula is C25H32N6O4. The number of aromatic nitrogens is 2. The lowest BCUT2D eigenvalue weighted by Crippen LogP contribution is -2.49. The maximum atomic E-state index is 12.8. The van der Waals surface area contributed by atoms with Gasteiger partial charge in [-0.15, -0.1) is 0 Å². The van der Waals surface area contributed by atoms with E-state index in [0.717, 1.165) is 29.9 Å². The smallest absolute Gasteiger partial charge is 0.321 e.